The van der Waals surface area contributed by atoms with Gasteiger partial charge >= 0.3 is 0 Å². The molecule has 0 unspecified atom stereocenters. The molecule has 0 aliphatic carbocycles. The average molecular weight is 247 g/mol. The van der Waals surface area contributed by atoms with Crippen LogP contribution in [0.1, 0.15) is 11.3 Å². The molecular formula is C12H14FN5. The van der Waals surface area contributed by atoms with E-state index in [4.69, 9.17) is 5.84 Å². The number of aryl methyl sites for hydroxylation is 2. The van der Waals surface area contributed by atoms with Crippen LogP contribution in [0.4, 0.5) is 21.8 Å². The van der Waals surface area contributed by atoms with Crippen LogP contribution < -0.4 is 16.6 Å². The highest BCUT2D eigenvalue weighted by molar-refractivity contribution is 5.59. The van der Waals surface area contributed by atoms with Gasteiger partial charge in [-0.1, -0.05) is 6.07 Å². The molecule has 2 aromatic rings. The van der Waals surface area contributed by atoms with Gasteiger partial charge in [0, 0.05) is 11.8 Å². The van der Waals surface area contributed by atoms with Gasteiger partial charge in [0.15, 0.2) is 0 Å². The lowest BCUT2D eigenvalue weighted by atomic mass is 10.2. The molecule has 0 bridgehead atoms. The van der Waals surface area contributed by atoms with Crippen LogP contribution in [0.25, 0.3) is 0 Å². The number of anilines is 3. The van der Waals surface area contributed by atoms with E-state index in [0.717, 1.165) is 11.3 Å². The fourth-order valence-corrected chi connectivity index (χ4v) is 1.57. The third-order valence-corrected chi connectivity index (χ3v) is 2.37. The summed E-state index contributed by atoms with van der Waals surface area (Å²) < 4.78 is 13.6. The quantitative estimate of drug-likeness (QED) is 0.573. The summed E-state index contributed by atoms with van der Waals surface area (Å²) in [4.78, 5) is 8.15. The van der Waals surface area contributed by atoms with Crippen molar-refractivity contribution in [1.82, 2.24) is 9.97 Å². The zero-order valence-corrected chi connectivity index (χ0v) is 10.2. The van der Waals surface area contributed by atoms with Crippen LogP contribution >= 0.6 is 0 Å². The molecule has 0 amide bonds. The second-order valence-electron chi connectivity index (χ2n) is 3.97. The normalized spacial score (nSPS) is 10.2. The Morgan fingerprint density at radius 3 is 2.67 bits per heavy atom. The van der Waals surface area contributed by atoms with E-state index in [1.807, 2.05) is 6.92 Å². The van der Waals surface area contributed by atoms with Gasteiger partial charge in [-0.25, -0.2) is 15.2 Å². The maximum atomic E-state index is 13.6. The molecule has 6 heteroatoms. The zero-order valence-electron chi connectivity index (χ0n) is 10.2. The molecule has 0 saturated carbocycles. The first kappa shape index (κ1) is 12.3. The van der Waals surface area contributed by atoms with Gasteiger partial charge in [0.2, 0.25) is 5.95 Å². The van der Waals surface area contributed by atoms with Crippen LogP contribution in [0.2, 0.25) is 0 Å². The molecule has 0 spiro atoms. The Labute approximate surface area is 104 Å². The first-order chi connectivity index (χ1) is 8.58. The van der Waals surface area contributed by atoms with Crippen molar-refractivity contribution in [2.75, 3.05) is 10.7 Å². The van der Waals surface area contributed by atoms with Crippen LogP contribution in [0, 0.1) is 19.7 Å². The van der Waals surface area contributed by atoms with E-state index in [-0.39, 0.29) is 11.8 Å². The number of nitrogens with zero attached hydrogens (tertiary/aromatic N) is 2. The maximum absolute atomic E-state index is 13.6. The number of nitrogen functional groups attached to an aromatic ring is 1. The number of halogens is 1. The second kappa shape index (κ2) is 4.97. The number of benzene rings is 1. The molecular weight excluding hydrogens is 233 g/mol. The molecule has 0 aliphatic heterocycles. The maximum Gasteiger partial charge on any atom is 0.239 e. The summed E-state index contributed by atoms with van der Waals surface area (Å²) in [6, 6.07) is 6.54. The van der Waals surface area contributed by atoms with Crippen LogP contribution in [-0.4, -0.2) is 9.97 Å². The van der Waals surface area contributed by atoms with Crippen LogP contribution in [0.3, 0.4) is 0 Å². The minimum atomic E-state index is -0.334. The molecule has 4 N–H and O–H groups in total. The number of aromatic nitrogens is 2. The first-order valence-corrected chi connectivity index (χ1v) is 5.44. The van der Waals surface area contributed by atoms with E-state index in [1.54, 1.807) is 25.1 Å². The molecule has 1 aromatic carbocycles. The topological polar surface area (TPSA) is 75.9 Å². The summed E-state index contributed by atoms with van der Waals surface area (Å²) in [5, 5.41) is 2.91. The highest BCUT2D eigenvalue weighted by Gasteiger charge is 2.05. The number of hydrogen-bond acceptors (Lipinski definition) is 5. The number of hydrazine groups is 1. The van der Waals surface area contributed by atoms with E-state index in [2.05, 4.69) is 20.7 Å². The fourth-order valence-electron chi connectivity index (χ4n) is 1.57. The van der Waals surface area contributed by atoms with Gasteiger partial charge in [0.05, 0.1) is 5.69 Å². The third kappa shape index (κ3) is 2.72. The summed E-state index contributed by atoms with van der Waals surface area (Å²) in [7, 11) is 0. The summed E-state index contributed by atoms with van der Waals surface area (Å²) in [6.45, 7) is 3.70. The summed E-state index contributed by atoms with van der Waals surface area (Å²) in [5.41, 5.74) is 4.43. The van der Waals surface area contributed by atoms with Crippen molar-refractivity contribution in [3.63, 3.8) is 0 Å². The summed E-state index contributed by atoms with van der Waals surface area (Å²) >= 11 is 0. The minimum Gasteiger partial charge on any atom is -0.338 e. The smallest absolute Gasteiger partial charge is 0.239 e. The predicted molar refractivity (Wildman–Crippen MR) is 69.0 cm³/mol. The number of hydrogen-bond donors (Lipinski definition) is 3. The Hall–Kier alpha value is -2.21. The second-order valence-corrected chi connectivity index (χ2v) is 3.97. The van der Waals surface area contributed by atoms with Crippen molar-refractivity contribution in [1.29, 1.82) is 0 Å². The number of nitrogens with two attached hydrogens (primary N) is 1. The Bertz CT molecular complexity index is 570. The molecule has 0 atom stereocenters. The summed E-state index contributed by atoms with van der Waals surface area (Å²) in [6.07, 6.45) is 0. The lowest BCUT2D eigenvalue weighted by molar-refractivity contribution is 0.631. The van der Waals surface area contributed by atoms with Crippen molar-refractivity contribution >= 4 is 17.5 Å². The van der Waals surface area contributed by atoms with Crippen molar-refractivity contribution in [2.24, 2.45) is 5.84 Å². The Balaban J connectivity index is 2.33. The minimum absolute atomic E-state index is 0.283. The molecule has 1 aromatic heterocycles. The van der Waals surface area contributed by atoms with E-state index < -0.39 is 0 Å². The van der Waals surface area contributed by atoms with Gasteiger partial charge in [0.1, 0.15) is 11.6 Å². The molecule has 0 fully saturated rings. The Kier molecular flexibility index (Phi) is 3.38. The highest BCUT2D eigenvalue weighted by Crippen LogP contribution is 2.20. The van der Waals surface area contributed by atoms with Crippen molar-refractivity contribution < 1.29 is 4.39 Å². The SMILES string of the molecule is Cc1ccc(F)c(Nc2cc(C)nc(NN)n2)c1. The van der Waals surface area contributed by atoms with Gasteiger partial charge in [-0.3, -0.25) is 5.43 Å². The summed E-state index contributed by atoms with van der Waals surface area (Å²) in [5.74, 6) is 5.69. The van der Waals surface area contributed by atoms with E-state index >= 15 is 0 Å². The molecule has 1 heterocycles. The predicted octanol–water partition coefficient (Wildman–Crippen LogP) is 2.26. The van der Waals surface area contributed by atoms with Gasteiger partial charge in [0.25, 0.3) is 0 Å². The van der Waals surface area contributed by atoms with E-state index in [1.165, 1.54) is 6.07 Å². The van der Waals surface area contributed by atoms with E-state index in [9.17, 15) is 4.39 Å². The largest absolute Gasteiger partial charge is 0.338 e. The molecule has 0 saturated heterocycles. The highest BCUT2D eigenvalue weighted by atomic mass is 19.1. The first-order valence-electron chi connectivity index (χ1n) is 5.44. The van der Waals surface area contributed by atoms with Crippen molar-refractivity contribution in [2.45, 2.75) is 13.8 Å². The van der Waals surface area contributed by atoms with Crippen molar-refractivity contribution in [3.8, 4) is 0 Å². The van der Waals surface area contributed by atoms with Crippen LogP contribution in [-0.2, 0) is 0 Å². The lowest BCUT2D eigenvalue weighted by Crippen LogP contribution is -2.12. The van der Waals surface area contributed by atoms with Gasteiger partial charge in [-0.2, -0.15) is 4.98 Å². The third-order valence-electron chi connectivity index (χ3n) is 2.37. The Morgan fingerprint density at radius 2 is 1.94 bits per heavy atom. The molecule has 94 valence electrons. The van der Waals surface area contributed by atoms with E-state index in [0.29, 0.717) is 11.5 Å². The average Bonchev–Trinajstić information content (AvgIpc) is 2.33. The zero-order chi connectivity index (χ0) is 13.1. The monoisotopic (exact) mass is 247 g/mol. The van der Waals surface area contributed by atoms with Crippen LogP contribution in [0.5, 0.6) is 0 Å². The Morgan fingerprint density at radius 1 is 1.17 bits per heavy atom. The number of rotatable bonds is 3. The van der Waals surface area contributed by atoms with Crippen LogP contribution in [0.15, 0.2) is 24.3 Å². The lowest BCUT2D eigenvalue weighted by Gasteiger charge is -2.09. The van der Waals surface area contributed by atoms with Gasteiger partial charge in [-0.15, -0.1) is 0 Å². The number of nitrogens with one attached hydrogen (secondary N) is 2. The molecule has 5 nitrogen and oxygen atoms in total. The molecule has 0 radical (unpaired) electrons. The standard InChI is InChI=1S/C12H14FN5/c1-7-3-4-9(13)10(5-7)16-11-6-8(2)15-12(17-11)18-14/h3-6H,14H2,1-2H3,(H2,15,16,17,18). The van der Waals surface area contributed by atoms with Gasteiger partial charge in [-0.05, 0) is 31.5 Å². The fraction of sp³-hybridized carbons (Fsp3) is 0.167. The molecule has 18 heavy (non-hydrogen) atoms. The molecule has 0 aliphatic rings. The molecule has 2 rings (SSSR count). The van der Waals surface area contributed by atoms with Gasteiger partial charge < -0.3 is 5.32 Å². The van der Waals surface area contributed by atoms with Crippen molar-refractivity contribution in [3.05, 3.63) is 41.3 Å².